The molecule has 2 aliphatic heterocycles. The number of piperazine rings is 1. The average Bonchev–Trinajstić information content (AvgIpc) is 3.13. The van der Waals surface area contributed by atoms with Crippen molar-refractivity contribution in [3.8, 4) is 5.75 Å². The van der Waals surface area contributed by atoms with Crippen LogP contribution in [-0.2, 0) is 22.3 Å². The third kappa shape index (κ3) is 5.85. The Balaban J connectivity index is 1.54. The average molecular weight is 550 g/mol. The van der Waals surface area contributed by atoms with Crippen LogP contribution in [0.25, 0.3) is 0 Å². The number of alkyl halides is 3. The van der Waals surface area contributed by atoms with Crippen LogP contribution in [0.3, 0.4) is 0 Å². The van der Waals surface area contributed by atoms with Gasteiger partial charge in [-0.15, -0.1) is 0 Å². The van der Waals surface area contributed by atoms with E-state index in [1.165, 1.54) is 6.92 Å². The van der Waals surface area contributed by atoms with Crippen molar-refractivity contribution in [2.45, 2.75) is 25.7 Å². The van der Waals surface area contributed by atoms with E-state index in [1.807, 2.05) is 12.1 Å². The molecular formula is C23H28Cl2F3N5O3. The number of hydrogen-bond donors (Lipinski definition) is 0. The number of rotatable bonds is 6. The Labute approximate surface area is 217 Å². The van der Waals surface area contributed by atoms with E-state index < -0.39 is 16.9 Å². The third-order valence-electron chi connectivity index (χ3n) is 6.56. The van der Waals surface area contributed by atoms with Crippen molar-refractivity contribution in [2.24, 2.45) is 0 Å². The van der Waals surface area contributed by atoms with Crippen molar-refractivity contribution in [1.82, 2.24) is 19.6 Å². The summed E-state index contributed by atoms with van der Waals surface area (Å²) >= 11 is 12.1. The predicted octanol–water partition coefficient (Wildman–Crippen LogP) is 3.58. The SMILES string of the molecule is COc1cc(N2CCN(C(=O)Cn3nc(C(F)(F)F)c(Cl)c3C)[C@@H](CN3CCOCC3)C2)ccc1Cl. The number of carbonyl (C=O) groups is 1. The number of methoxy groups -OCH3 is 1. The minimum atomic E-state index is -4.69. The van der Waals surface area contributed by atoms with E-state index in [-0.39, 0.29) is 24.2 Å². The van der Waals surface area contributed by atoms with Crippen molar-refractivity contribution in [2.75, 3.05) is 64.5 Å². The first-order chi connectivity index (χ1) is 17.1. The maximum absolute atomic E-state index is 13.4. The van der Waals surface area contributed by atoms with Gasteiger partial charge in [0, 0.05) is 51.0 Å². The number of halogens is 5. The molecule has 13 heteroatoms. The first-order valence-corrected chi connectivity index (χ1v) is 12.3. The number of carbonyl (C=O) groups excluding carboxylic acids is 1. The molecule has 0 N–H and O–H groups in total. The summed E-state index contributed by atoms with van der Waals surface area (Å²) < 4.78 is 51.6. The van der Waals surface area contributed by atoms with Crippen molar-refractivity contribution in [1.29, 1.82) is 0 Å². The number of nitrogens with zero attached hydrogens (tertiary/aromatic N) is 5. The molecule has 2 aromatic rings. The molecule has 198 valence electrons. The van der Waals surface area contributed by atoms with E-state index in [0.29, 0.717) is 50.2 Å². The molecular weight excluding hydrogens is 522 g/mol. The summed E-state index contributed by atoms with van der Waals surface area (Å²) in [6.07, 6.45) is -4.69. The van der Waals surface area contributed by atoms with Crippen LogP contribution in [0.5, 0.6) is 5.75 Å². The fourth-order valence-corrected chi connectivity index (χ4v) is 5.02. The van der Waals surface area contributed by atoms with E-state index in [2.05, 4.69) is 14.9 Å². The van der Waals surface area contributed by atoms with Gasteiger partial charge in [0.2, 0.25) is 5.91 Å². The van der Waals surface area contributed by atoms with E-state index in [9.17, 15) is 18.0 Å². The summed E-state index contributed by atoms with van der Waals surface area (Å²) in [5.41, 5.74) is -0.158. The number of morpholine rings is 1. The second-order valence-corrected chi connectivity index (χ2v) is 9.61. The molecule has 3 heterocycles. The molecule has 1 aromatic heterocycles. The molecule has 0 radical (unpaired) electrons. The van der Waals surface area contributed by atoms with E-state index in [1.54, 1.807) is 18.1 Å². The molecule has 2 fully saturated rings. The Bertz CT molecular complexity index is 1090. The van der Waals surface area contributed by atoms with Gasteiger partial charge in [0.15, 0.2) is 5.69 Å². The van der Waals surface area contributed by atoms with Gasteiger partial charge in [-0.25, -0.2) is 0 Å². The molecule has 2 saturated heterocycles. The molecule has 0 spiro atoms. The standard InChI is InChI=1S/C23H28Cl2F3N5O3/c1-15-21(25)22(23(26,27)28)29-33(15)14-20(34)32-6-5-31(16-3-4-18(24)19(11-16)35-2)13-17(32)12-30-7-9-36-10-8-30/h3-4,11,17H,5-10,12-14H2,1-2H3/t17-/m0/s1. The monoisotopic (exact) mass is 549 g/mol. The number of aromatic nitrogens is 2. The molecule has 0 aliphatic carbocycles. The molecule has 0 bridgehead atoms. The summed E-state index contributed by atoms with van der Waals surface area (Å²) in [4.78, 5) is 19.5. The minimum absolute atomic E-state index is 0.106. The van der Waals surface area contributed by atoms with Crippen molar-refractivity contribution in [3.05, 3.63) is 39.6 Å². The van der Waals surface area contributed by atoms with Crippen LogP contribution in [0.1, 0.15) is 11.4 Å². The van der Waals surface area contributed by atoms with Gasteiger partial charge in [-0.3, -0.25) is 14.4 Å². The van der Waals surface area contributed by atoms with Crippen molar-refractivity contribution >= 4 is 34.8 Å². The van der Waals surface area contributed by atoms with E-state index in [4.69, 9.17) is 32.7 Å². The summed E-state index contributed by atoms with van der Waals surface area (Å²) in [7, 11) is 1.55. The van der Waals surface area contributed by atoms with Gasteiger partial charge in [-0.05, 0) is 19.1 Å². The second-order valence-electron chi connectivity index (χ2n) is 8.82. The highest BCUT2D eigenvalue weighted by Crippen LogP contribution is 2.35. The number of amides is 1. The molecule has 1 amide bonds. The smallest absolute Gasteiger partial charge is 0.436 e. The first kappa shape index (κ1) is 26.8. The lowest BCUT2D eigenvalue weighted by Gasteiger charge is -2.44. The van der Waals surface area contributed by atoms with Gasteiger partial charge in [-0.2, -0.15) is 18.3 Å². The highest BCUT2D eigenvalue weighted by molar-refractivity contribution is 6.32. The molecule has 0 unspecified atom stereocenters. The number of benzene rings is 1. The summed E-state index contributed by atoms with van der Waals surface area (Å²) in [6.45, 7) is 5.93. The number of hydrogen-bond acceptors (Lipinski definition) is 6. The lowest BCUT2D eigenvalue weighted by Crippen LogP contribution is -2.60. The molecule has 36 heavy (non-hydrogen) atoms. The lowest BCUT2D eigenvalue weighted by atomic mass is 10.1. The van der Waals surface area contributed by atoms with Gasteiger partial charge >= 0.3 is 6.18 Å². The fourth-order valence-electron chi connectivity index (χ4n) is 4.58. The maximum Gasteiger partial charge on any atom is 0.436 e. The highest BCUT2D eigenvalue weighted by Gasteiger charge is 2.39. The maximum atomic E-state index is 13.4. The highest BCUT2D eigenvalue weighted by atomic mass is 35.5. The molecule has 8 nitrogen and oxygen atoms in total. The van der Waals surface area contributed by atoms with Crippen molar-refractivity contribution < 1.29 is 27.4 Å². The van der Waals surface area contributed by atoms with Crippen LogP contribution in [0.4, 0.5) is 18.9 Å². The third-order valence-corrected chi connectivity index (χ3v) is 7.33. The predicted molar refractivity (Wildman–Crippen MR) is 130 cm³/mol. The zero-order chi connectivity index (χ0) is 26.0. The Morgan fingerprint density at radius 1 is 1.19 bits per heavy atom. The largest absolute Gasteiger partial charge is 0.495 e. The topological polar surface area (TPSA) is 63.1 Å². The molecule has 4 rings (SSSR count). The quantitative estimate of drug-likeness (QED) is 0.549. The second kappa shape index (κ2) is 11.0. The Kier molecular flexibility index (Phi) is 8.23. The van der Waals surface area contributed by atoms with Gasteiger partial charge in [0.25, 0.3) is 0 Å². The van der Waals surface area contributed by atoms with Gasteiger partial charge in [-0.1, -0.05) is 23.2 Å². The fraction of sp³-hybridized carbons (Fsp3) is 0.565. The molecule has 2 aliphatic rings. The van der Waals surface area contributed by atoms with Gasteiger partial charge in [0.1, 0.15) is 12.3 Å². The number of anilines is 1. The van der Waals surface area contributed by atoms with Crippen LogP contribution in [-0.4, -0.2) is 91.1 Å². The Hall–Kier alpha value is -2.21. The van der Waals surface area contributed by atoms with E-state index in [0.717, 1.165) is 23.5 Å². The summed E-state index contributed by atoms with van der Waals surface area (Å²) in [5, 5.41) is 3.62. The summed E-state index contributed by atoms with van der Waals surface area (Å²) in [6, 6.07) is 5.34. The van der Waals surface area contributed by atoms with Crippen LogP contribution in [0.15, 0.2) is 18.2 Å². The van der Waals surface area contributed by atoms with Crippen LogP contribution >= 0.6 is 23.2 Å². The van der Waals surface area contributed by atoms with Crippen LogP contribution in [0.2, 0.25) is 10.0 Å². The van der Waals surface area contributed by atoms with E-state index >= 15 is 0 Å². The normalized spacial score (nSPS) is 19.6. The van der Waals surface area contributed by atoms with Crippen LogP contribution < -0.4 is 9.64 Å². The lowest BCUT2D eigenvalue weighted by molar-refractivity contribution is -0.142. The summed E-state index contributed by atoms with van der Waals surface area (Å²) in [5.74, 6) is 0.251. The van der Waals surface area contributed by atoms with Gasteiger partial charge in [0.05, 0.1) is 42.1 Å². The van der Waals surface area contributed by atoms with Crippen LogP contribution in [0, 0.1) is 6.92 Å². The molecule has 1 aromatic carbocycles. The van der Waals surface area contributed by atoms with Gasteiger partial charge < -0.3 is 19.3 Å². The molecule has 0 saturated carbocycles. The zero-order valence-electron chi connectivity index (χ0n) is 20.0. The first-order valence-electron chi connectivity index (χ1n) is 11.6. The Morgan fingerprint density at radius 2 is 1.92 bits per heavy atom. The Morgan fingerprint density at radius 3 is 2.56 bits per heavy atom. The van der Waals surface area contributed by atoms with Crippen molar-refractivity contribution in [3.63, 3.8) is 0 Å². The minimum Gasteiger partial charge on any atom is -0.495 e. The zero-order valence-corrected chi connectivity index (χ0v) is 21.5. The molecule has 1 atom stereocenters. The number of ether oxygens (including phenoxy) is 2.